The van der Waals surface area contributed by atoms with Gasteiger partial charge in [0.25, 0.3) is 0 Å². The standard InChI is InChI=1S/C10H11F4N/c1-7-2-3-8(15-5-4-11)6-9(7)10(12,13)14/h2-3,6,15H,4-5H2,1H3. The molecule has 1 nitrogen and oxygen atoms in total. The summed E-state index contributed by atoms with van der Waals surface area (Å²) in [7, 11) is 0. The van der Waals surface area contributed by atoms with E-state index in [-0.39, 0.29) is 17.8 Å². The second kappa shape index (κ2) is 4.51. The first-order valence-electron chi connectivity index (χ1n) is 4.43. The molecule has 0 aliphatic heterocycles. The van der Waals surface area contributed by atoms with Gasteiger partial charge in [-0.25, -0.2) is 4.39 Å². The van der Waals surface area contributed by atoms with Gasteiger partial charge in [-0.1, -0.05) is 6.07 Å². The van der Waals surface area contributed by atoms with Crippen LogP contribution in [0.15, 0.2) is 18.2 Å². The van der Waals surface area contributed by atoms with Gasteiger partial charge in [0.1, 0.15) is 6.67 Å². The Balaban J connectivity index is 2.95. The maximum atomic E-state index is 12.4. The monoisotopic (exact) mass is 221 g/mol. The Morgan fingerprint density at radius 2 is 1.93 bits per heavy atom. The molecule has 1 aromatic rings. The molecule has 0 atom stereocenters. The fourth-order valence-electron chi connectivity index (χ4n) is 1.23. The fourth-order valence-corrected chi connectivity index (χ4v) is 1.23. The van der Waals surface area contributed by atoms with E-state index in [2.05, 4.69) is 5.32 Å². The van der Waals surface area contributed by atoms with Crippen LogP contribution >= 0.6 is 0 Å². The molecule has 0 saturated heterocycles. The molecule has 0 aromatic heterocycles. The number of aryl methyl sites for hydroxylation is 1. The van der Waals surface area contributed by atoms with Crippen molar-refractivity contribution in [2.24, 2.45) is 0 Å². The van der Waals surface area contributed by atoms with Crippen molar-refractivity contribution in [3.63, 3.8) is 0 Å². The number of halogens is 4. The van der Waals surface area contributed by atoms with Crippen LogP contribution in [0.5, 0.6) is 0 Å². The van der Waals surface area contributed by atoms with Gasteiger partial charge in [-0.3, -0.25) is 0 Å². The van der Waals surface area contributed by atoms with Crippen molar-refractivity contribution in [1.29, 1.82) is 0 Å². The van der Waals surface area contributed by atoms with E-state index in [4.69, 9.17) is 0 Å². The molecule has 0 bridgehead atoms. The smallest absolute Gasteiger partial charge is 0.382 e. The fraction of sp³-hybridized carbons (Fsp3) is 0.400. The summed E-state index contributed by atoms with van der Waals surface area (Å²) in [6, 6.07) is 3.86. The lowest BCUT2D eigenvalue weighted by molar-refractivity contribution is -0.138. The topological polar surface area (TPSA) is 12.0 Å². The minimum Gasteiger partial charge on any atom is -0.382 e. The van der Waals surface area contributed by atoms with Gasteiger partial charge in [-0.2, -0.15) is 13.2 Å². The molecule has 1 aromatic carbocycles. The Morgan fingerprint density at radius 1 is 1.27 bits per heavy atom. The molecule has 5 heteroatoms. The predicted molar refractivity (Wildman–Crippen MR) is 50.6 cm³/mol. The molecule has 0 heterocycles. The van der Waals surface area contributed by atoms with Crippen molar-refractivity contribution in [2.75, 3.05) is 18.5 Å². The van der Waals surface area contributed by atoms with Crippen LogP contribution in [-0.2, 0) is 6.18 Å². The van der Waals surface area contributed by atoms with E-state index >= 15 is 0 Å². The number of hydrogen-bond donors (Lipinski definition) is 1. The highest BCUT2D eigenvalue weighted by molar-refractivity contribution is 5.49. The summed E-state index contributed by atoms with van der Waals surface area (Å²) < 4.78 is 49.2. The third-order valence-corrected chi connectivity index (χ3v) is 1.97. The molecule has 1 rings (SSSR count). The van der Waals surface area contributed by atoms with Crippen LogP contribution in [0, 0.1) is 6.92 Å². The Hall–Kier alpha value is -1.26. The molecular formula is C10H11F4N. The molecule has 1 N–H and O–H groups in total. The zero-order valence-electron chi connectivity index (χ0n) is 8.16. The highest BCUT2D eigenvalue weighted by atomic mass is 19.4. The van der Waals surface area contributed by atoms with Crippen molar-refractivity contribution in [3.05, 3.63) is 29.3 Å². The van der Waals surface area contributed by atoms with E-state index in [0.29, 0.717) is 0 Å². The zero-order chi connectivity index (χ0) is 11.5. The summed E-state index contributed by atoms with van der Waals surface area (Å²) in [5.41, 5.74) is -0.245. The van der Waals surface area contributed by atoms with Gasteiger partial charge >= 0.3 is 6.18 Å². The molecule has 0 unspecified atom stereocenters. The number of rotatable bonds is 3. The molecule has 0 amide bonds. The molecule has 0 radical (unpaired) electrons. The summed E-state index contributed by atoms with van der Waals surface area (Å²) in [5, 5.41) is 2.56. The lowest BCUT2D eigenvalue weighted by Crippen LogP contribution is -2.09. The lowest BCUT2D eigenvalue weighted by atomic mass is 10.1. The Kier molecular flexibility index (Phi) is 3.55. The Morgan fingerprint density at radius 3 is 2.47 bits per heavy atom. The molecule has 0 saturated carbocycles. The van der Waals surface area contributed by atoms with Crippen molar-refractivity contribution in [2.45, 2.75) is 13.1 Å². The van der Waals surface area contributed by atoms with E-state index in [1.165, 1.54) is 19.1 Å². The van der Waals surface area contributed by atoms with Crippen LogP contribution in [0.2, 0.25) is 0 Å². The summed E-state index contributed by atoms with van der Waals surface area (Å²) in [6.07, 6.45) is -4.36. The average Bonchev–Trinajstić information content (AvgIpc) is 2.15. The van der Waals surface area contributed by atoms with E-state index < -0.39 is 18.4 Å². The van der Waals surface area contributed by atoms with Crippen LogP contribution in [0.25, 0.3) is 0 Å². The summed E-state index contributed by atoms with van der Waals surface area (Å²) in [5.74, 6) is 0. The molecule has 0 aliphatic carbocycles. The third kappa shape index (κ3) is 3.11. The molecule has 0 aliphatic rings. The normalized spacial score (nSPS) is 11.5. The molecular weight excluding hydrogens is 210 g/mol. The third-order valence-electron chi connectivity index (χ3n) is 1.97. The maximum absolute atomic E-state index is 12.4. The van der Waals surface area contributed by atoms with Crippen molar-refractivity contribution in [1.82, 2.24) is 0 Å². The minimum absolute atomic E-state index is 0.0142. The van der Waals surface area contributed by atoms with E-state index in [1.807, 2.05) is 0 Å². The van der Waals surface area contributed by atoms with Crippen LogP contribution < -0.4 is 5.32 Å². The van der Waals surface area contributed by atoms with E-state index in [0.717, 1.165) is 6.07 Å². The molecule has 15 heavy (non-hydrogen) atoms. The molecule has 84 valence electrons. The van der Waals surface area contributed by atoms with Crippen molar-refractivity contribution >= 4 is 5.69 Å². The number of alkyl halides is 4. The Labute approximate surface area is 85.1 Å². The van der Waals surface area contributed by atoms with Crippen molar-refractivity contribution < 1.29 is 17.6 Å². The first-order valence-corrected chi connectivity index (χ1v) is 4.43. The second-order valence-electron chi connectivity index (χ2n) is 3.14. The second-order valence-corrected chi connectivity index (χ2v) is 3.14. The van der Waals surface area contributed by atoms with Gasteiger partial charge in [0.15, 0.2) is 0 Å². The van der Waals surface area contributed by atoms with Crippen LogP contribution in [0.1, 0.15) is 11.1 Å². The van der Waals surface area contributed by atoms with Crippen LogP contribution in [0.3, 0.4) is 0 Å². The van der Waals surface area contributed by atoms with Gasteiger partial charge in [0.05, 0.1) is 5.56 Å². The maximum Gasteiger partial charge on any atom is 0.416 e. The van der Waals surface area contributed by atoms with E-state index in [1.54, 1.807) is 0 Å². The van der Waals surface area contributed by atoms with Crippen LogP contribution in [-0.4, -0.2) is 13.2 Å². The van der Waals surface area contributed by atoms with Gasteiger partial charge in [-0.15, -0.1) is 0 Å². The molecule has 0 fully saturated rings. The first-order chi connectivity index (χ1) is 6.95. The van der Waals surface area contributed by atoms with Gasteiger partial charge in [0, 0.05) is 12.2 Å². The van der Waals surface area contributed by atoms with Gasteiger partial charge in [-0.05, 0) is 24.6 Å². The summed E-state index contributed by atoms with van der Waals surface area (Å²) in [6.45, 7) is 0.789. The largest absolute Gasteiger partial charge is 0.416 e. The highest BCUT2D eigenvalue weighted by Gasteiger charge is 2.32. The number of hydrogen-bond acceptors (Lipinski definition) is 1. The lowest BCUT2D eigenvalue weighted by Gasteiger charge is -2.12. The summed E-state index contributed by atoms with van der Waals surface area (Å²) >= 11 is 0. The highest BCUT2D eigenvalue weighted by Crippen LogP contribution is 2.33. The number of anilines is 1. The van der Waals surface area contributed by atoms with Gasteiger partial charge in [0.2, 0.25) is 0 Å². The Bertz CT molecular complexity index is 333. The van der Waals surface area contributed by atoms with Crippen molar-refractivity contribution in [3.8, 4) is 0 Å². The predicted octanol–water partition coefficient (Wildman–Crippen LogP) is 3.40. The van der Waals surface area contributed by atoms with Gasteiger partial charge < -0.3 is 5.32 Å². The molecule has 0 spiro atoms. The number of nitrogens with one attached hydrogen (secondary N) is 1. The van der Waals surface area contributed by atoms with Crippen LogP contribution in [0.4, 0.5) is 23.2 Å². The SMILES string of the molecule is Cc1ccc(NCCF)cc1C(F)(F)F. The summed E-state index contributed by atoms with van der Waals surface area (Å²) in [4.78, 5) is 0. The van der Waals surface area contributed by atoms with E-state index in [9.17, 15) is 17.6 Å². The average molecular weight is 221 g/mol. The first kappa shape index (κ1) is 11.8. The minimum atomic E-state index is -4.36. The zero-order valence-corrected chi connectivity index (χ0v) is 8.16. The number of benzene rings is 1. The quantitative estimate of drug-likeness (QED) is 0.771.